The van der Waals surface area contributed by atoms with Gasteiger partial charge in [-0.1, -0.05) is 85.8 Å². The number of aromatic hydroxyl groups is 1. The summed E-state index contributed by atoms with van der Waals surface area (Å²) in [5.41, 5.74) is 7.62. The van der Waals surface area contributed by atoms with E-state index in [2.05, 4.69) is 71.4 Å². The number of aromatic nitrogens is 2. The molecule has 0 amide bonds. The molecule has 6 aromatic rings. The van der Waals surface area contributed by atoms with E-state index in [-0.39, 0.29) is 11.7 Å². The zero-order valence-electron chi connectivity index (χ0n) is 22.2. The van der Waals surface area contributed by atoms with E-state index < -0.39 is 0 Å². The molecule has 0 aliphatic heterocycles. The number of phenols is 1. The Morgan fingerprint density at radius 1 is 0.600 bits per heavy atom. The maximum absolute atomic E-state index is 10.8. The van der Waals surface area contributed by atoms with Crippen LogP contribution in [0.2, 0.25) is 0 Å². The average Bonchev–Trinajstić information content (AvgIpc) is 3.03. The Bertz CT molecular complexity index is 1680. The van der Waals surface area contributed by atoms with Crippen LogP contribution in [0.25, 0.3) is 22.5 Å². The first-order valence-corrected chi connectivity index (χ1v) is 13.4. The van der Waals surface area contributed by atoms with Gasteiger partial charge in [-0.2, -0.15) is 0 Å². The molecule has 194 valence electrons. The molecule has 0 fully saturated rings. The van der Waals surface area contributed by atoms with Gasteiger partial charge in [0.1, 0.15) is 11.6 Å². The minimum atomic E-state index is 0.191. The van der Waals surface area contributed by atoms with Crippen molar-refractivity contribution < 1.29 is 5.11 Å². The lowest BCUT2D eigenvalue weighted by atomic mass is 9.91. The largest absolute Gasteiger partial charge is 0.507 e. The van der Waals surface area contributed by atoms with Gasteiger partial charge in [-0.25, -0.2) is 9.97 Å². The summed E-state index contributed by atoms with van der Waals surface area (Å²) < 4.78 is 0. The second kappa shape index (κ2) is 11.3. The van der Waals surface area contributed by atoms with Crippen molar-refractivity contribution in [1.82, 2.24) is 9.97 Å². The van der Waals surface area contributed by atoms with Crippen LogP contribution in [-0.2, 0) is 0 Å². The van der Waals surface area contributed by atoms with Crippen molar-refractivity contribution in [3.63, 3.8) is 0 Å². The molecule has 0 radical (unpaired) electrons. The van der Waals surface area contributed by atoms with Crippen molar-refractivity contribution in [2.24, 2.45) is 0 Å². The summed E-state index contributed by atoms with van der Waals surface area (Å²) in [6, 6.07) is 46.6. The Hall–Kier alpha value is -5.22. The van der Waals surface area contributed by atoms with Gasteiger partial charge in [0.2, 0.25) is 0 Å². The van der Waals surface area contributed by atoms with Crippen molar-refractivity contribution in [3.05, 3.63) is 157 Å². The number of anilines is 3. The van der Waals surface area contributed by atoms with Crippen LogP contribution in [-0.4, -0.2) is 15.1 Å². The monoisotopic (exact) mass is 519 g/mol. The molecule has 4 aromatic carbocycles. The van der Waals surface area contributed by atoms with Crippen LogP contribution >= 0.6 is 0 Å². The summed E-state index contributed by atoms with van der Waals surface area (Å²) in [7, 11) is 0. The van der Waals surface area contributed by atoms with Crippen LogP contribution in [0.1, 0.15) is 24.0 Å². The highest BCUT2D eigenvalue weighted by Gasteiger charge is 2.16. The second-order valence-corrected chi connectivity index (χ2v) is 9.73. The van der Waals surface area contributed by atoms with E-state index in [4.69, 9.17) is 4.98 Å². The Morgan fingerprint density at radius 2 is 1.30 bits per heavy atom. The highest BCUT2D eigenvalue weighted by Crippen LogP contribution is 2.37. The first kappa shape index (κ1) is 25.1. The predicted octanol–water partition coefficient (Wildman–Crippen LogP) is 9.14. The first-order valence-electron chi connectivity index (χ1n) is 13.4. The van der Waals surface area contributed by atoms with E-state index in [1.165, 1.54) is 5.56 Å². The minimum absolute atomic E-state index is 0.191. The van der Waals surface area contributed by atoms with Crippen LogP contribution in [0.5, 0.6) is 5.75 Å². The van der Waals surface area contributed by atoms with E-state index in [1.54, 1.807) is 12.3 Å². The molecular weight excluding hydrogens is 490 g/mol. The summed E-state index contributed by atoms with van der Waals surface area (Å²) in [5, 5.41) is 10.8. The van der Waals surface area contributed by atoms with E-state index in [0.717, 1.165) is 45.3 Å². The summed E-state index contributed by atoms with van der Waals surface area (Å²) in [4.78, 5) is 11.8. The maximum atomic E-state index is 10.8. The molecule has 4 nitrogen and oxygen atoms in total. The molecule has 1 atom stereocenters. The van der Waals surface area contributed by atoms with Crippen molar-refractivity contribution in [1.29, 1.82) is 0 Å². The topological polar surface area (TPSA) is 49.2 Å². The van der Waals surface area contributed by atoms with E-state index in [9.17, 15) is 5.11 Å². The fourth-order valence-corrected chi connectivity index (χ4v) is 4.99. The molecular formula is C36H29N3O. The number of pyridine rings is 2. The van der Waals surface area contributed by atoms with Gasteiger partial charge in [0, 0.05) is 34.6 Å². The second-order valence-electron chi connectivity index (χ2n) is 9.73. The van der Waals surface area contributed by atoms with Crippen LogP contribution in [0.3, 0.4) is 0 Å². The van der Waals surface area contributed by atoms with Gasteiger partial charge < -0.3 is 5.11 Å². The maximum Gasteiger partial charge on any atom is 0.137 e. The molecule has 2 heterocycles. The zero-order valence-corrected chi connectivity index (χ0v) is 22.2. The van der Waals surface area contributed by atoms with Crippen molar-refractivity contribution in [2.45, 2.75) is 12.8 Å². The number of nitrogens with zero attached hydrogens (tertiary/aromatic N) is 3. The number of hydrogen-bond acceptors (Lipinski definition) is 4. The standard InChI is InChI=1S/C36H29N3O/c1-26(27-12-4-2-5-13-27)28-21-22-35(40)32(25-28)34-19-11-18-33(38-34)29-14-10-17-31(24-29)39(30-15-6-3-7-16-30)36-20-8-9-23-37-36/h2-26,40H,1H3. The van der Waals surface area contributed by atoms with Crippen LogP contribution in [0, 0.1) is 0 Å². The lowest BCUT2D eigenvalue weighted by Crippen LogP contribution is -2.11. The molecule has 0 bridgehead atoms. The van der Waals surface area contributed by atoms with Crippen LogP contribution in [0.15, 0.2) is 146 Å². The van der Waals surface area contributed by atoms with Gasteiger partial charge in [0.25, 0.3) is 0 Å². The number of phenolic OH excluding ortho intramolecular Hbond substituents is 1. The lowest BCUT2D eigenvalue weighted by molar-refractivity contribution is 0.477. The SMILES string of the molecule is CC(c1ccccc1)c1ccc(O)c(-c2cccc(-c3cccc(N(c4ccccc4)c4ccccn4)c3)n2)c1. The highest BCUT2D eigenvalue weighted by atomic mass is 16.3. The minimum Gasteiger partial charge on any atom is -0.507 e. The van der Waals surface area contributed by atoms with Gasteiger partial charge in [0.15, 0.2) is 0 Å². The van der Waals surface area contributed by atoms with E-state index in [0.29, 0.717) is 0 Å². The fraction of sp³-hybridized carbons (Fsp3) is 0.0556. The Labute approximate surface area is 234 Å². The molecule has 0 spiro atoms. The summed E-state index contributed by atoms with van der Waals surface area (Å²) in [6.45, 7) is 2.18. The number of benzene rings is 4. The molecule has 4 heteroatoms. The van der Waals surface area contributed by atoms with Crippen LogP contribution < -0.4 is 4.90 Å². The molecule has 2 aromatic heterocycles. The van der Waals surface area contributed by atoms with Crippen molar-refractivity contribution in [2.75, 3.05) is 4.90 Å². The molecule has 0 aliphatic rings. The van der Waals surface area contributed by atoms with Gasteiger partial charge in [0.05, 0.1) is 11.4 Å². The van der Waals surface area contributed by atoms with Crippen molar-refractivity contribution in [3.8, 4) is 28.3 Å². The summed E-state index contributed by atoms with van der Waals surface area (Å²) in [5.74, 6) is 1.24. The number of para-hydroxylation sites is 1. The fourth-order valence-electron chi connectivity index (χ4n) is 4.99. The molecule has 0 saturated heterocycles. The highest BCUT2D eigenvalue weighted by molar-refractivity contribution is 5.78. The molecule has 1 N–H and O–H groups in total. The van der Waals surface area contributed by atoms with E-state index >= 15 is 0 Å². The number of hydrogen-bond donors (Lipinski definition) is 1. The van der Waals surface area contributed by atoms with Crippen LogP contribution in [0.4, 0.5) is 17.2 Å². The quantitative estimate of drug-likeness (QED) is 0.228. The molecule has 1 unspecified atom stereocenters. The first-order chi connectivity index (χ1) is 19.7. The van der Waals surface area contributed by atoms with Gasteiger partial charge in [-0.15, -0.1) is 0 Å². The normalized spacial score (nSPS) is 11.6. The average molecular weight is 520 g/mol. The molecule has 0 saturated carbocycles. The molecule has 6 rings (SSSR count). The zero-order chi connectivity index (χ0) is 27.3. The van der Waals surface area contributed by atoms with Gasteiger partial charge in [-0.3, -0.25) is 4.90 Å². The molecule has 0 aliphatic carbocycles. The van der Waals surface area contributed by atoms with Gasteiger partial charge in [-0.05, 0) is 71.8 Å². The summed E-state index contributed by atoms with van der Waals surface area (Å²) in [6.07, 6.45) is 1.80. The number of rotatable bonds is 7. The Kier molecular flexibility index (Phi) is 7.06. The van der Waals surface area contributed by atoms with Gasteiger partial charge >= 0.3 is 0 Å². The lowest BCUT2D eigenvalue weighted by Gasteiger charge is -2.24. The third-order valence-corrected chi connectivity index (χ3v) is 7.14. The third-order valence-electron chi connectivity index (χ3n) is 7.14. The van der Waals surface area contributed by atoms with E-state index in [1.807, 2.05) is 78.9 Å². The Balaban J connectivity index is 1.38. The summed E-state index contributed by atoms with van der Waals surface area (Å²) >= 11 is 0. The molecule has 40 heavy (non-hydrogen) atoms. The smallest absolute Gasteiger partial charge is 0.137 e. The Morgan fingerprint density at radius 3 is 2.08 bits per heavy atom. The predicted molar refractivity (Wildman–Crippen MR) is 163 cm³/mol. The third kappa shape index (κ3) is 5.20. The van der Waals surface area contributed by atoms with Crippen molar-refractivity contribution >= 4 is 17.2 Å².